The van der Waals surface area contributed by atoms with E-state index in [1.165, 1.54) is 0 Å². The highest BCUT2D eigenvalue weighted by molar-refractivity contribution is 6.09. The SMILES string of the molecule is N#Cc1ccc2oc3c(-c4nc(-c5ccccc5)nc(-c5ccccc5)n4)cccc3c2c1. The first-order valence-corrected chi connectivity index (χ1v) is 10.5. The molecule has 0 N–H and O–H groups in total. The number of para-hydroxylation sites is 1. The Morgan fingerprint density at radius 3 is 1.88 bits per heavy atom. The zero-order chi connectivity index (χ0) is 22.2. The van der Waals surface area contributed by atoms with E-state index >= 15 is 0 Å². The van der Waals surface area contributed by atoms with Crippen LogP contribution in [0.25, 0.3) is 56.1 Å². The minimum Gasteiger partial charge on any atom is -0.455 e. The zero-order valence-corrected chi connectivity index (χ0v) is 17.4. The molecule has 33 heavy (non-hydrogen) atoms. The van der Waals surface area contributed by atoms with Gasteiger partial charge in [0.2, 0.25) is 0 Å². The van der Waals surface area contributed by atoms with E-state index in [1.54, 1.807) is 6.07 Å². The maximum absolute atomic E-state index is 9.31. The van der Waals surface area contributed by atoms with E-state index in [0.717, 1.165) is 33.0 Å². The first-order valence-electron chi connectivity index (χ1n) is 10.5. The van der Waals surface area contributed by atoms with E-state index < -0.39 is 0 Å². The highest BCUT2D eigenvalue weighted by atomic mass is 16.3. The molecule has 0 fully saturated rings. The minimum atomic E-state index is 0.535. The molecule has 154 valence electrons. The van der Waals surface area contributed by atoms with Gasteiger partial charge < -0.3 is 4.42 Å². The summed E-state index contributed by atoms with van der Waals surface area (Å²) in [6.07, 6.45) is 0. The number of rotatable bonds is 3. The summed E-state index contributed by atoms with van der Waals surface area (Å²) >= 11 is 0. The van der Waals surface area contributed by atoms with E-state index in [1.807, 2.05) is 91.0 Å². The highest BCUT2D eigenvalue weighted by Crippen LogP contribution is 2.36. The van der Waals surface area contributed by atoms with Gasteiger partial charge in [0.15, 0.2) is 17.5 Å². The van der Waals surface area contributed by atoms with Crippen molar-refractivity contribution in [3.63, 3.8) is 0 Å². The molecule has 6 aromatic rings. The van der Waals surface area contributed by atoms with Gasteiger partial charge in [-0.15, -0.1) is 0 Å². The average molecular weight is 424 g/mol. The molecule has 0 aliphatic carbocycles. The van der Waals surface area contributed by atoms with Crippen LogP contribution in [0.2, 0.25) is 0 Å². The molecular formula is C28H16N4O. The summed E-state index contributed by atoms with van der Waals surface area (Å²) in [6, 6.07) is 33.3. The van der Waals surface area contributed by atoms with Crippen molar-refractivity contribution in [3.05, 3.63) is 103 Å². The van der Waals surface area contributed by atoms with Gasteiger partial charge in [0, 0.05) is 21.9 Å². The van der Waals surface area contributed by atoms with Gasteiger partial charge in [-0.2, -0.15) is 5.26 Å². The molecule has 6 rings (SSSR count). The fraction of sp³-hybridized carbons (Fsp3) is 0. The fourth-order valence-electron chi connectivity index (χ4n) is 3.97. The van der Waals surface area contributed by atoms with Crippen LogP contribution in [0.1, 0.15) is 5.56 Å². The Kier molecular flexibility index (Phi) is 4.41. The molecule has 0 radical (unpaired) electrons. The van der Waals surface area contributed by atoms with Crippen LogP contribution in [-0.2, 0) is 0 Å². The number of nitrogens with zero attached hydrogens (tertiary/aromatic N) is 4. The summed E-state index contributed by atoms with van der Waals surface area (Å²) in [5.74, 6) is 1.73. The summed E-state index contributed by atoms with van der Waals surface area (Å²) in [4.78, 5) is 14.4. The van der Waals surface area contributed by atoms with Crippen molar-refractivity contribution in [2.45, 2.75) is 0 Å². The number of benzene rings is 4. The standard InChI is InChI=1S/C28H16N4O/c29-17-18-14-15-24-23(16-18)21-12-7-13-22(25(21)33-24)28-31-26(19-8-3-1-4-9-19)30-27(32-28)20-10-5-2-6-11-20/h1-16H. The lowest BCUT2D eigenvalue weighted by atomic mass is 10.1. The molecule has 4 aromatic carbocycles. The summed E-state index contributed by atoms with van der Waals surface area (Å²) in [6.45, 7) is 0. The van der Waals surface area contributed by atoms with Crippen LogP contribution in [0.3, 0.4) is 0 Å². The van der Waals surface area contributed by atoms with Gasteiger partial charge in [-0.3, -0.25) is 0 Å². The topological polar surface area (TPSA) is 75.6 Å². The summed E-state index contributed by atoms with van der Waals surface area (Å²) in [5, 5.41) is 11.1. The monoisotopic (exact) mass is 424 g/mol. The molecule has 0 bridgehead atoms. The zero-order valence-electron chi connectivity index (χ0n) is 17.4. The van der Waals surface area contributed by atoms with E-state index in [-0.39, 0.29) is 0 Å². The van der Waals surface area contributed by atoms with Gasteiger partial charge >= 0.3 is 0 Å². The summed E-state index contributed by atoms with van der Waals surface area (Å²) < 4.78 is 6.22. The Morgan fingerprint density at radius 2 is 1.24 bits per heavy atom. The fourth-order valence-corrected chi connectivity index (χ4v) is 3.97. The second-order valence-electron chi connectivity index (χ2n) is 7.65. The van der Waals surface area contributed by atoms with Crippen molar-refractivity contribution in [2.75, 3.05) is 0 Å². The first kappa shape index (κ1) is 18.9. The molecule has 0 amide bonds. The molecule has 0 atom stereocenters. The van der Waals surface area contributed by atoms with Gasteiger partial charge in [0.1, 0.15) is 11.2 Å². The van der Waals surface area contributed by atoms with Crippen molar-refractivity contribution >= 4 is 21.9 Å². The second-order valence-corrected chi connectivity index (χ2v) is 7.65. The van der Waals surface area contributed by atoms with Crippen LogP contribution in [0, 0.1) is 11.3 Å². The number of aromatic nitrogens is 3. The van der Waals surface area contributed by atoms with Gasteiger partial charge in [0.05, 0.1) is 17.2 Å². The van der Waals surface area contributed by atoms with Gasteiger partial charge in [-0.25, -0.2) is 15.0 Å². The third-order valence-electron chi connectivity index (χ3n) is 5.57. The van der Waals surface area contributed by atoms with Crippen LogP contribution in [0.4, 0.5) is 0 Å². The average Bonchev–Trinajstić information content (AvgIpc) is 3.27. The van der Waals surface area contributed by atoms with Crippen molar-refractivity contribution in [3.8, 4) is 40.2 Å². The molecular weight excluding hydrogens is 408 g/mol. The second kappa shape index (κ2) is 7.70. The van der Waals surface area contributed by atoms with E-state index in [9.17, 15) is 5.26 Å². The Balaban J connectivity index is 1.62. The molecule has 0 unspecified atom stereocenters. The Labute approximate surface area is 189 Å². The molecule has 5 heteroatoms. The van der Waals surface area contributed by atoms with Crippen LogP contribution in [0.5, 0.6) is 0 Å². The van der Waals surface area contributed by atoms with Crippen LogP contribution >= 0.6 is 0 Å². The number of hydrogen-bond donors (Lipinski definition) is 0. The number of hydrogen-bond acceptors (Lipinski definition) is 5. The van der Waals surface area contributed by atoms with Crippen molar-refractivity contribution in [2.24, 2.45) is 0 Å². The van der Waals surface area contributed by atoms with Gasteiger partial charge in [-0.05, 0) is 24.3 Å². The highest BCUT2D eigenvalue weighted by Gasteiger charge is 2.17. The predicted octanol–water partition coefficient (Wildman–Crippen LogP) is 6.64. The Bertz CT molecular complexity index is 1610. The largest absolute Gasteiger partial charge is 0.455 e. The van der Waals surface area contributed by atoms with E-state index in [0.29, 0.717) is 28.6 Å². The minimum absolute atomic E-state index is 0.535. The number of furan rings is 1. The molecule has 2 aromatic heterocycles. The maximum Gasteiger partial charge on any atom is 0.167 e. The molecule has 0 aliphatic heterocycles. The maximum atomic E-state index is 9.31. The molecule has 0 aliphatic rings. The van der Waals surface area contributed by atoms with Crippen molar-refractivity contribution in [1.82, 2.24) is 15.0 Å². The number of nitriles is 1. The third-order valence-corrected chi connectivity index (χ3v) is 5.57. The molecule has 0 spiro atoms. The lowest BCUT2D eigenvalue weighted by molar-refractivity contribution is 0.669. The first-order chi connectivity index (χ1) is 16.3. The number of fused-ring (bicyclic) bond motifs is 3. The van der Waals surface area contributed by atoms with E-state index in [2.05, 4.69) is 6.07 Å². The van der Waals surface area contributed by atoms with Gasteiger partial charge in [0.25, 0.3) is 0 Å². The van der Waals surface area contributed by atoms with Crippen LogP contribution in [-0.4, -0.2) is 15.0 Å². The predicted molar refractivity (Wildman–Crippen MR) is 128 cm³/mol. The van der Waals surface area contributed by atoms with Crippen LogP contribution in [0.15, 0.2) is 101 Å². The van der Waals surface area contributed by atoms with E-state index in [4.69, 9.17) is 19.4 Å². The van der Waals surface area contributed by atoms with Crippen molar-refractivity contribution < 1.29 is 4.42 Å². The third kappa shape index (κ3) is 3.31. The molecule has 2 heterocycles. The van der Waals surface area contributed by atoms with Crippen LogP contribution < -0.4 is 0 Å². The molecule has 5 nitrogen and oxygen atoms in total. The molecule has 0 saturated carbocycles. The normalized spacial score (nSPS) is 11.0. The molecule has 0 saturated heterocycles. The lowest BCUT2D eigenvalue weighted by Gasteiger charge is -2.08. The summed E-state index contributed by atoms with van der Waals surface area (Å²) in [7, 11) is 0. The Morgan fingerprint density at radius 1 is 0.606 bits per heavy atom. The van der Waals surface area contributed by atoms with Gasteiger partial charge in [-0.1, -0.05) is 72.8 Å². The smallest absolute Gasteiger partial charge is 0.167 e. The summed E-state index contributed by atoms with van der Waals surface area (Å²) in [5.41, 5.74) is 4.60. The Hall–Kier alpha value is -4.82. The quantitative estimate of drug-likeness (QED) is 0.318. The lowest BCUT2D eigenvalue weighted by Crippen LogP contribution is -2.00. The van der Waals surface area contributed by atoms with Crippen molar-refractivity contribution in [1.29, 1.82) is 5.26 Å².